The Balaban J connectivity index is 1.11. The molecule has 0 saturated carbocycles. The minimum Gasteiger partial charge on any atom is -0.311 e. The average molecular weight is 838 g/mol. The molecule has 0 aliphatic heterocycles. The van der Waals surface area contributed by atoms with Gasteiger partial charge in [-0.1, -0.05) is 212 Å². The third-order valence-electron chi connectivity index (χ3n) is 12.1. The van der Waals surface area contributed by atoms with Crippen LogP contribution in [0.3, 0.4) is 0 Å². The Labute approximate surface area is 396 Å². The number of nitrogens with zero attached hydrogens (tertiary/aromatic N) is 1. The van der Waals surface area contributed by atoms with Crippen LogP contribution >= 0.6 is 0 Å². The van der Waals surface area contributed by atoms with Gasteiger partial charge in [0.05, 0.1) is 16.4 Å². The Morgan fingerprint density at radius 2 is 0.723 bits per heavy atom. The minimum absolute atomic E-state index is 0.0491. The number of anilines is 3. The Morgan fingerprint density at radius 1 is 0.246 bits per heavy atom. The summed E-state index contributed by atoms with van der Waals surface area (Å²) in [6, 6.07) is 51.5. The molecule has 1 nitrogen and oxygen atoms in total. The van der Waals surface area contributed by atoms with Gasteiger partial charge < -0.3 is 4.90 Å². The van der Waals surface area contributed by atoms with Crippen LogP contribution in [0.5, 0.6) is 0 Å². The van der Waals surface area contributed by atoms with Crippen molar-refractivity contribution in [2.45, 2.75) is 0 Å². The van der Waals surface area contributed by atoms with Crippen molar-refractivity contribution in [2.75, 3.05) is 4.90 Å². The number of hydrogen-bond acceptors (Lipinski definition) is 1. The van der Waals surface area contributed by atoms with E-state index in [4.69, 9.17) is 0 Å². The van der Waals surface area contributed by atoms with Gasteiger partial charge in [-0.25, -0.2) is 0 Å². The maximum atomic E-state index is 9.92. The molecular weight excluding hydrogens is 783 g/mol. The molecule has 12 rings (SSSR count). The lowest BCUT2D eigenvalue weighted by molar-refractivity contribution is 1.28. The van der Waals surface area contributed by atoms with Crippen molar-refractivity contribution in [1.29, 1.82) is 0 Å². The van der Waals surface area contributed by atoms with E-state index in [0.29, 0.717) is 33.0 Å². The fraction of sp³-hybridized carbons (Fsp3) is 0. The van der Waals surface area contributed by atoms with E-state index in [1.165, 1.54) is 0 Å². The molecule has 0 fully saturated rings. The monoisotopic (exact) mass is 837 g/mol. The smallest absolute Gasteiger partial charge is 0.0645 e. The Hall–Kier alpha value is -8.52. The second kappa shape index (κ2) is 16.3. The van der Waals surface area contributed by atoms with Crippen LogP contribution < -0.4 is 4.90 Å². The summed E-state index contributed by atoms with van der Waals surface area (Å²) in [5.41, 5.74) is 2.41. The van der Waals surface area contributed by atoms with Crippen molar-refractivity contribution in [3.05, 3.63) is 261 Å². The highest BCUT2D eigenvalue weighted by molar-refractivity contribution is 6.14. The molecule has 0 unspecified atom stereocenters. The zero-order chi connectivity index (χ0) is 53.6. The standard InChI is InChI=1S/C64H43N/c1-2-13-48(14-3-1)60-41-34-49-15-6-9-19-59(49)64(60)51-32-39-57(40-33-51)65(56-37-30-50(31-38-56)63-43-54-17-7-8-18-58(54)61-20-10-11-21-62(61)63)55-35-28-46(29-36-55)45-22-24-47(25-23-45)53-27-26-44-12-4-5-16-52(44)42-53/h1-43H/i28D,29D,30D,31D,32D,33D,35D,36D,37D,38D,39D,40D. The highest BCUT2D eigenvalue weighted by Gasteiger charge is 2.17. The molecular formula is C64H43N. The zero-order valence-electron chi connectivity index (χ0n) is 46.8. The van der Waals surface area contributed by atoms with Crippen molar-refractivity contribution >= 4 is 60.2 Å². The van der Waals surface area contributed by atoms with Crippen LogP contribution in [-0.2, 0) is 0 Å². The molecule has 1 heteroatoms. The zero-order valence-corrected chi connectivity index (χ0v) is 34.8. The van der Waals surface area contributed by atoms with Gasteiger partial charge in [0.2, 0.25) is 0 Å². The van der Waals surface area contributed by atoms with Crippen LogP contribution in [0.15, 0.2) is 261 Å². The lowest BCUT2D eigenvalue weighted by Crippen LogP contribution is -2.09. The van der Waals surface area contributed by atoms with Crippen LogP contribution in [0.1, 0.15) is 16.4 Å². The molecule has 0 saturated heterocycles. The summed E-state index contributed by atoms with van der Waals surface area (Å²) in [7, 11) is 0. The normalized spacial score (nSPS) is 14.0. The molecule has 0 amide bonds. The van der Waals surface area contributed by atoms with Crippen LogP contribution in [0.2, 0.25) is 0 Å². The number of rotatable bonds is 8. The van der Waals surface area contributed by atoms with Gasteiger partial charge in [0.1, 0.15) is 0 Å². The second-order valence-electron chi connectivity index (χ2n) is 15.9. The molecule has 65 heavy (non-hydrogen) atoms. The van der Waals surface area contributed by atoms with E-state index in [0.717, 1.165) is 53.9 Å². The van der Waals surface area contributed by atoms with E-state index in [9.17, 15) is 16.4 Å². The highest BCUT2D eigenvalue weighted by Crippen LogP contribution is 2.43. The molecule has 12 aromatic rings. The average Bonchev–Trinajstić information content (AvgIpc) is 3.47. The third kappa shape index (κ3) is 7.10. The van der Waals surface area contributed by atoms with Gasteiger partial charge in [-0.05, 0) is 147 Å². The van der Waals surface area contributed by atoms with Gasteiger partial charge in [-0.3, -0.25) is 0 Å². The first-order chi connectivity index (χ1) is 37.2. The lowest BCUT2D eigenvalue weighted by atomic mass is 9.89. The molecule has 0 spiro atoms. The summed E-state index contributed by atoms with van der Waals surface area (Å²) in [5, 5.41) is 6.75. The van der Waals surface area contributed by atoms with Crippen LogP contribution in [0.4, 0.5) is 17.1 Å². The maximum Gasteiger partial charge on any atom is 0.0645 e. The first kappa shape index (κ1) is 27.5. The second-order valence-corrected chi connectivity index (χ2v) is 15.9. The number of fused-ring (bicyclic) bond motifs is 5. The SMILES string of the molecule is [2H]c1c([2H])c(N(c2c([2H])c([2H])c(-c3c(-c4ccccc4)ccc4ccccc34)c([2H])c2[2H])c2c([2H])c([2H])c(-c3cc4ccccc4c4ccccc34)c([2H])c2[2H])c([2H])c([2H])c1-c1ccc(-c2ccc3ccccc3c2)cc1. The Bertz CT molecular complexity index is 4340. The summed E-state index contributed by atoms with van der Waals surface area (Å²) in [6.07, 6.45) is 0. The molecule has 0 N–H and O–H groups in total. The fourth-order valence-electron chi connectivity index (χ4n) is 8.85. The number of benzene rings is 12. The molecule has 0 bridgehead atoms. The molecule has 0 aliphatic rings. The van der Waals surface area contributed by atoms with Crippen LogP contribution in [-0.4, -0.2) is 0 Å². The van der Waals surface area contributed by atoms with E-state index in [1.807, 2.05) is 170 Å². The molecule has 304 valence electrons. The summed E-state index contributed by atoms with van der Waals surface area (Å²) in [5.74, 6) is 0. The van der Waals surface area contributed by atoms with Gasteiger partial charge in [0.25, 0.3) is 0 Å². The molecule has 0 aromatic heterocycles. The van der Waals surface area contributed by atoms with E-state index in [-0.39, 0.29) is 16.7 Å². The summed E-state index contributed by atoms with van der Waals surface area (Å²) in [6.45, 7) is 0. The van der Waals surface area contributed by atoms with E-state index < -0.39 is 89.6 Å². The predicted molar refractivity (Wildman–Crippen MR) is 278 cm³/mol. The fourth-order valence-corrected chi connectivity index (χ4v) is 8.85. The molecule has 12 aromatic carbocycles. The topological polar surface area (TPSA) is 3.24 Å². The summed E-state index contributed by atoms with van der Waals surface area (Å²) >= 11 is 0. The van der Waals surface area contributed by atoms with Gasteiger partial charge in [0, 0.05) is 17.1 Å². The molecule has 0 atom stereocenters. The Kier molecular flexibility index (Phi) is 6.91. The van der Waals surface area contributed by atoms with Gasteiger partial charge >= 0.3 is 0 Å². The number of hydrogen-bond donors (Lipinski definition) is 0. The lowest BCUT2D eigenvalue weighted by Gasteiger charge is -2.26. The van der Waals surface area contributed by atoms with E-state index in [2.05, 4.69) is 6.07 Å². The molecule has 0 heterocycles. The van der Waals surface area contributed by atoms with Gasteiger partial charge in [0.15, 0.2) is 0 Å². The van der Waals surface area contributed by atoms with Crippen molar-refractivity contribution in [2.24, 2.45) is 0 Å². The van der Waals surface area contributed by atoms with Crippen LogP contribution in [0, 0.1) is 0 Å². The Morgan fingerprint density at radius 3 is 1.40 bits per heavy atom. The van der Waals surface area contributed by atoms with E-state index in [1.54, 1.807) is 12.1 Å². The third-order valence-corrected chi connectivity index (χ3v) is 12.1. The first-order valence-corrected chi connectivity index (χ1v) is 21.4. The first-order valence-electron chi connectivity index (χ1n) is 27.4. The summed E-state index contributed by atoms with van der Waals surface area (Å²) in [4.78, 5) is 0.877. The van der Waals surface area contributed by atoms with Gasteiger partial charge in [-0.15, -0.1) is 0 Å². The maximum absolute atomic E-state index is 9.92. The quantitative estimate of drug-likeness (QED) is 0.138. The van der Waals surface area contributed by atoms with Crippen molar-refractivity contribution < 1.29 is 16.4 Å². The highest BCUT2D eigenvalue weighted by atomic mass is 15.1. The van der Waals surface area contributed by atoms with Crippen molar-refractivity contribution in [1.82, 2.24) is 0 Å². The van der Waals surface area contributed by atoms with Crippen LogP contribution in [0.25, 0.3) is 98.7 Å². The van der Waals surface area contributed by atoms with Gasteiger partial charge in [-0.2, -0.15) is 0 Å². The predicted octanol–water partition coefficient (Wildman–Crippen LogP) is 18.1. The molecule has 0 aliphatic carbocycles. The van der Waals surface area contributed by atoms with Crippen molar-refractivity contribution in [3.8, 4) is 55.6 Å². The molecule has 0 radical (unpaired) electrons. The van der Waals surface area contributed by atoms with Crippen molar-refractivity contribution in [3.63, 3.8) is 0 Å². The minimum atomic E-state index is -0.681. The largest absolute Gasteiger partial charge is 0.311 e. The summed E-state index contributed by atoms with van der Waals surface area (Å²) < 4.78 is 117. The van der Waals surface area contributed by atoms with E-state index >= 15 is 0 Å².